The lowest BCUT2D eigenvalue weighted by Crippen LogP contribution is -2.64. The molecule has 0 N–H and O–H groups in total. The molecule has 8 heteroatoms. The first-order valence-electron chi connectivity index (χ1n) is 30.2. The van der Waals surface area contributed by atoms with E-state index in [2.05, 4.69) is 335 Å². The summed E-state index contributed by atoms with van der Waals surface area (Å²) in [5, 5.41) is 4.62. The zero-order valence-corrected chi connectivity index (χ0v) is 47.8. The maximum atomic E-state index is 7.67. The lowest BCUT2D eigenvalue weighted by Gasteiger charge is -2.46. The second-order valence-corrected chi connectivity index (χ2v) is 23.1. The second-order valence-electron chi connectivity index (χ2n) is 23.1. The van der Waals surface area contributed by atoms with Crippen LogP contribution in [0.1, 0.15) is 0 Å². The van der Waals surface area contributed by atoms with E-state index in [4.69, 9.17) is 9.47 Å². The van der Waals surface area contributed by atoms with Crippen molar-refractivity contribution in [3.8, 4) is 34.1 Å². The molecular formula is C80H52B2N4O2. The van der Waals surface area contributed by atoms with Crippen LogP contribution in [0.25, 0.3) is 32.7 Å². The standard InChI is InChI=1S/C80H52B2N4O2/c1-7-27-53(28-8-1)77-61-39-19-21-41-63(61)80(64-42-22-20-40-62(64)77)86-70-52-74-68(82-66-44-24-26-46-73(66)87-75-49-60(50-76(88-74)79(75)82)84(56-33-13-4-14-34-56)57-35-15-5-16-36-57)51-67(70)81-65-43-23-25-45-69(65)85(58-37-17-6-18-38-58)71-47-59(48-72(86)78(71)81)83(54-29-9-2-10-30-54)55-31-11-3-12-32-55/h1-52H. The van der Waals surface area contributed by atoms with Gasteiger partial charge >= 0.3 is 0 Å². The predicted molar refractivity (Wildman–Crippen MR) is 368 cm³/mol. The summed E-state index contributed by atoms with van der Waals surface area (Å²) in [7, 11) is 0. The summed E-state index contributed by atoms with van der Waals surface area (Å²) >= 11 is 0. The quantitative estimate of drug-likeness (QED) is 0.106. The number of hydrogen-bond acceptors (Lipinski definition) is 6. The third-order valence-corrected chi connectivity index (χ3v) is 18.2. The van der Waals surface area contributed by atoms with Gasteiger partial charge in [-0.3, -0.25) is 0 Å². The van der Waals surface area contributed by atoms with E-state index in [1.807, 2.05) is 0 Å². The van der Waals surface area contributed by atoms with Crippen molar-refractivity contribution in [2.45, 2.75) is 0 Å². The van der Waals surface area contributed by atoms with E-state index in [-0.39, 0.29) is 13.4 Å². The summed E-state index contributed by atoms with van der Waals surface area (Å²) < 4.78 is 14.8. The van der Waals surface area contributed by atoms with Crippen LogP contribution in [0.3, 0.4) is 0 Å². The van der Waals surface area contributed by atoms with E-state index in [1.54, 1.807) is 0 Å². The van der Waals surface area contributed by atoms with Crippen LogP contribution in [0.2, 0.25) is 0 Å². The molecule has 4 aliphatic heterocycles. The number of nitrogens with zero attached hydrogens (tertiary/aromatic N) is 4. The minimum Gasteiger partial charge on any atom is -0.458 e. The summed E-state index contributed by atoms with van der Waals surface area (Å²) in [5.41, 5.74) is 21.9. The van der Waals surface area contributed by atoms with Crippen LogP contribution in [0.4, 0.5) is 68.2 Å². The number of para-hydroxylation sites is 7. The van der Waals surface area contributed by atoms with Crippen molar-refractivity contribution in [2.75, 3.05) is 19.6 Å². The van der Waals surface area contributed by atoms with Gasteiger partial charge in [0.1, 0.15) is 23.0 Å². The molecule has 0 spiro atoms. The average Bonchev–Trinajstić information content (AvgIpc) is 0.952. The molecule has 18 rings (SSSR count). The average molecular weight is 1120 g/mol. The topological polar surface area (TPSA) is 31.4 Å². The molecular weight excluding hydrogens is 1070 g/mol. The van der Waals surface area contributed by atoms with Crippen LogP contribution in [0, 0.1) is 0 Å². The van der Waals surface area contributed by atoms with Gasteiger partial charge in [0.25, 0.3) is 13.4 Å². The Labute approximate surface area is 511 Å². The van der Waals surface area contributed by atoms with E-state index >= 15 is 0 Å². The van der Waals surface area contributed by atoms with Crippen molar-refractivity contribution in [1.82, 2.24) is 0 Å². The first kappa shape index (κ1) is 49.9. The summed E-state index contributed by atoms with van der Waals surface area (Å²) in [6.07, 6.45) is 0. The zero-order chi connectivity index (χ0) is 57.8. The summed E-state index contributed by atoms with van der Waals surface area (Å²) in [6, 6.07) is 114. The zero-order valence-electron chi connectivity index (χ0n) is 47.8. The normalized spacial score (nSPS) is 12.9. The van der Waals surface area contributed by atoms with Gasteiger partial charge in [-0.2, -0.15) is 0 Å². The van der Waals surface area contributed by atoms with Crippen LogP contribution in [0.5, 0.6) is 23.0 Å². The first-order valence-corrected chi connectivity index (χ1v) is 30.2. The molecule has 410 valence electrons. The lowest BCUT2D eigenvalue weighted by atomic mass is 9.31. The number of benzene rings is 14. The third-order valence-electron chi connectivity index (χ3n) is 18.2. The Bertz CT molecular complexity index is 4940. The fourth-order valence-electron chi connectivity index (χ4n) is 14.7. The van der Waals surface area contributed by atoms with Crippen molar-refractivity contribution >= 4 is 136 Å². The number of rotatable bonds is 9. The van der Waals surface area contributed by atoms with Crippen molar-refractivity contribution in [1.29, 1.82) is 0 Å². The fraction of sp³-hybridized carbons (Fsp3) is 0. The Morgan fingerprint density at radius 2 is 0.693 bits per heavy atom. The summed E-state index contributed by atoms with van der Waals surface area (Å²) in [6.45, 7) is -0.424. The predicted octanol–water partition coefficient (Wildman–Crippen LogP) is 17.4. The molecule has 0 saturated carbocycles. The maximum Gasteiger partial charge on any atom is 0.260 e. The van der Waals surface area contributed by atoms with Crippen molar-refractivity contribution in [3.63, 3.8) is 0 Å². The minimum absolute atomic E-state index is 0.210. The molecule has 4 heterocycles. The van der Waals surface area contributed by atoms with Gasteiger partial charge in [0.05, 0.1) is 17.1 Å². The third kappa shape index (κ3) is 7.72. The van der Waals surface area contributed by atoms with Gasteiger partial charge in [0, 0.05) is 85.6 Å². The highest BCUT2D eigenvalue weighted by molar-refractivity contribution is 7.02. The first-order chi connectivity index (χ1) is 43.7. The molecule has 88 heavy (non-hydrogen) atoms. The Balaban J connectivity index is 0.970. The Hall–Kier alpha value is -11.5. The van der Waals surface area contributed by atoms with E-state index < -0.39 is 0 Å². The SMILES string of the molecule is c1ccc(-c2c3ccccc3c(N3c4cc5c(cc4B4c6ccccc6N(c6ccccc6)c6cc(N(c7ccccc7)c7ccccc7)cc3c64)B3c4ccccc4Oc4cc(N(c6ccccc6)c6ccccc6)cc(c43)O5)c3ccccc23)cc1. The highest BCUT2D eigenvalue weighted by Crippen LogP contribution is 2.54. The molecule has 0 amide bonds. The van der Waals surface area contributed by atoms with Gasteiger partial charge in [-0.25, -0.2) is 0 Å². The number of ether oxygens (including phenoxy) is 2. The van der Waals surface area contributed by atoms with Crippen LogP contribution in [-0.2, 0) is 0 Å². The van der Waals surface area contributed by atoms with Crippen molar-refractivity contribution in [3.05, 3.63) is 315 Å². The largest absolute Gasteiger partial charge is 0.458 e. The molecule has 0 bridgehead atoms. The minimum atomic E-state index is -0.214. The molecule has 0 fully saturated rings. The summed E-state index contributed by atoms with van der Waals surface area (Å²) in [5.74, 6) is 3.17. The Morgan fingerprint density at radius 1 is 0.261 bits per heavy atom. The highest BCUT2D eigenvalue weighted by atomic mass is 16.5. The molecule has 0 aliphatic carbocycles. The van der Waals surface area contributed by atoms with E-state index in [0.29, 0.717) is 0 Å². The van der Waals surface area contributed by atoms with Crippen molar-refractivity contribution < 1.29 is 9.47 Å². The number of hydrogen-bond donors (Lipinski definition) is 0. The summed E-state index contributed by atoms with van der Waals surface area (Å²) in [4.78, 5) is 9.82. The second kappa shape index (κ2) is 20.1. The molecule has 0 saturated heterocycles. The van der Waals surface area contributed by atoms with Crippen LogP contribution in [0.15, 0.2) is 315 Å². The van der Waals surface area contributed by atoms with Gasteiger partial charge in [-0.1, -0.05) is 212 Å². The smallest absolute Gasteiger partial charge is 0.260 e. The molecule has 0 radical (unpaired) electrons. The lowest BCUT2D eigenvalue weighted by molar-refractivity contribution is 0.465. The Morgan fingerprint density at radius 3 is 1.26 bits per heavy atom. The molecule has 0 atom stereocenters. The molecule has 4 aliphatic rings. The van der Waals surface area contributed by atoms with Gasteiger partial charge in [-0.15, -0.1) is 0 Å². The number of anilines is 12. The molecule has 0 unspecified atom stereocenters. The Kier molecular flexibility index (Phi) is 11.4. The van der Waals surface area contributed by atoms with E-state index in [1.165, 1.54) is 38.3 Å². The van der Waals surface area contributed by atoms with Crippen LogP contribution < -0.4 is 61.9 Å². The van der Waals surface area contributed by atoms with Crippen LogP contribution >= 0.6 is 0 Å². The van der Waals surface area contributed by atoms with E-state index in [0.717, 1.165) is 118 Å². The van der Waals surface area contributed by atoms with Crippen LogP contribution in [-0.4, -0.2) is 13.4 Å². The molecule has 14 aromatic rings. The number of fused-ring (bicyclic) bond motifs is 10. The molecule has 0 aromatic heterocycles. The monoisotopic (exact) mass is 1120 g/mol. The fourth-order valence-corrected chi connectivity index (χ4v) is 14.7. The highest BCUT2D eigenvalue weighted by Gasteiger charge is 2.48. The van der Waals surface area contributed by atoms with Crippen molar-refractivity contribution in [2.24, 2.45) is 0 Å². The van der Waals surface area contributed by atoms with Gasteiger partial charge in [-0.05, 0) is 134 Å². The molecule has 6 nitrogen and oxygen atoms in total. The van der Waals surface area contributed by atoms with Gasteiger partial charge in [0.2, 0.25) is 0 Å². The molecule has 14 aromatic carbocycles. The maximum absolute atomic E-state index is 7.67. The van der Waals surface area contributed by atoms with Gasteiger partial charge in [0.15, 0.2) is 0 Å². The van der Waals surface area contributed by atoms with E-state index in [9.17, 15) is 0 Å². The van der Waals surface area contributed by atoms with Gasteiger partial charge < -0.3 is 29.1 Å².